The lowest BCUT2D eigenvalue weighted by molar-refractivity contribution is -0.268. The Morgan fingerprint density at radius 1 is 0.978 bits per heavy atom. The van der Waals surface area contributed by atoms with Gasteiger partial charge in [0.1, 0.15) is 30.4 Å². The van der Waals surface area contributed by atoms with Crippen molar-refractivity contribution in [1.82, 2.24) is 16.0 Å². The highest BCUT2D eigenvalue weighted by Crippen LogP contribution is 2.29. The zero-order chi connectivity index (χ0) is 34.6. The van der Waals surface area contributed by atoms with Crippen molar-refractivity contribution >= 4 is 35.6 Å². The molecule has 0 saturated carbocycles. The van der Waals surface area contributed by atoms with Crippen LogP contribution in [0.1, 0.15) is 59.3 Å². The number of hydrogen-bond acceptors (Lipinski definition) is 13. The number of carboxylic acids is 3. The van der Waals surface area contributed by atoms with Gasteiger partial charge in [-0.25, -0.2) is 4.79 Å². The summed E-state index contributed by atoms with van der Waals surface area (Å²) in [7, 11) is 0. The summed E-state index contributed by atoms with van der Waals surface area (Å²) in [6.45, 7) is 3.14. The number of aliphatic carboxylic acids is 3. The molecule has 1 saturated heterocycles. The Morgan fingerprint density at radius 3 is 2.07 bits per heavy atom. The normalized spacial score (nSPS) is 25.5. The van der Waals surface area contributed by atoms with Crippen molar-refractivity contribution in [2.24, 2.45) is 17.4 Å². The number of ether oxygens (including phenoxy) is 2. The van der Waals surface area contributed by atoms with Crippen molar-refractivity contribution in [3.05, 3.63) is 0 Å². The van der Waals surface area contributed by atoms with Crippen LogP contribution in [0.15, 0.2) is 0 Å². The van der Waals surface area contributed by atoms with E-state index in [0.29, 0.717) is 0 Å². The van der Waals surface area contributed by atoms with Gasteiger partial charge in [-0.3, -0.25) is 29.7 Å². The van der Waals surface area contributed by atoms with Crippen molar-refractivity contribution in [2.45, 2.75) is 114 Å². The van der Waals surface area contributed by atoms with E-state index in [1.165, 1.54) is 13.8 Å². The fourth-order valence-electron chi connectivity index (χ4n) is 4.85. The average molecular weight is 652 g/mol. The van der Waals surface area contributed by atoms with Crippen LogP contribution in [0.3, 0.4) is 0 Å². The van der Waals surface area contributed by atoms with Gasteiger partial charge >= 0.3 is 17.9 Å². The molecule has 3 amide bonds. The summed E-state index contributed by atoms with van der Waals surface area (Å²) in [5.74, 6) is -8.12. The molecule has 0 radical (unpaired) electrons. The fourth-order valence-corrected chi connectivity index (χ4v) is 4.85. The second-order valence-electron chi connectivity index (χ2n) is 11.0. The Labute approximate surface area is 258 Å². The van der Waals surface area contributed by atoms with E-state index < -0.39 is 122 Å². The molecule has 45 heavy (non-hydrogen) atoms. The van der Waals surface area contributed by atoms with Gasteiger partial charge in [0.05, 0.1) is 18.8 Å². The first-order valence-corrected chi connectivity index (χ1v) is 14.2. The summed E-state index contributed by atoms with van der Waals surface area (Å²) in [4.78, 5) is 72.1. The highest BCUT2D eigenvalue weighted by atomic mass is 16.6. The fraction of sp³-hybridized carbons (Fsp3) is 0.769. The number of hydrogen-bond donors (Lipinski definition) is 11. The number of nitrogens with one attached hydrogen (secondary N) is 3. The van der Waals surface area contributed by atoms with Gasteiger partial charge in [0.25, 0.3) is 0 Å². The number of carboxylic acid groups (broad SMARTS) is 3. The van der Waals surface area contributed by atoms with Gasteiger partial charge in [-0.15, -0.1) is 0 Å². The molecule has 10 atom stereocenters. The highest BCUT2D eigenvalue weighted by molar-refractivity contribution is 5.93. The first kappa shape index (κ1) is 39.6. The van der Waals surface area contributed by atoms with Crippen molar-refractivity contribution in [2.75, 3.05) is 6.61 Å². The molecule has 13 N–H and O–H groups in total. The van der Waals surface area contributed by atoms with Crippen molar-refractivity contribution in [3.63, 3.8) is 0 Å². The molecule has 0 aromatic carbocycles. The summed E-state index contributed by atoms with van der Waals surface area (Å²) in [6, 6.07) is -3.97. The first-order chi connectivity index (χ1) is 20.8. The molecule has 1 aliphatic heterocycles. The van der Waals surface area contributed by atoms with Crippen LogP contribution in [0.2, 0.25) is 0 Å². The van der Waals surface area contributed by atoms with Crippen LogP contribution in [0.4, 0.5) is 0 Å². The lowest BCUT2D eigenvalue weighted by Crippen LogP contribution is -2.69. The van der Waals surface area contributed by atoms with Crippen molar-refractivity contribution in [3.8, 4) is 0 Å². The average Bonchev–Trinajstić information content (AvgIpc) is 2.93. The maximum absolute atomic E-state index is 13.3. The lowest BCUT2D eigenvalue weighted by Gasteiger charge is -2.44. The zero-order valence-electron chi connectivity index (χ0n) is 25.2. The maximum atomic E-state index is 13.3. The topological polar surface area (TPSA) is 330 Å². The van der Waals surface area contributed by atoms with Gasteiger partial charge < -0.3 is 61.8 Å². The summed E-state index contributed by atoms with van der Waals surface area (Å²) in [6.07, 6.45) is -9.04. The zero-order valence-corrected chi connectivity index (χ0v) is 25.2. The number of aliphatic hydroxyl groups excluding tert-OH is 3. The standard InChI is InChI=1S/C26H45N5O14/c1-11(44-21-19(29-13(3)33)24(41)45-16(10-32)20(21)38)9-14(5-4-6-17(34)35)26(28,25(42)43)31-23(40)15(7-8-18(36)37)30-22(39)12(2)27/h11-12,14-16,19-21,24,32,38,41H,4-10,27-28H2,1-3H3,(H,29,33)(H,30,39)(H,31,40)(H,34,35)(H,36,37)(H,42,43)/t11?,12-,14?,15+,16+,19+,20+,21+,24-,26?/m0/s1. The minimum atomic E-state index is -2.62. The van der Waals surface area contributed by atoms with Crippen LogP contribution < -0.4 is 27.4 Å². The lowest BCUT2D eigenvalue weighted by atomic mass is 9.83. The number of carbonyl (C=O) groups is 6. The molecule has 1 aliphatic rings. The van der Waals surface area contributed by atoms with Crippen LogP contribution in [0, 0.1) is 5.92 Å². The molecular weight excluding hydrogens is 606 g/mol. The van der Waals surface area contributed by atoms with Gasteiger partial charge in [-0.2, -0.15) is 0 Å². The molecule has 0 bridgehead atoms. The monoisotopic (exact) mass is 651 g/mol. The van der Waals surface area contributed by atoms with Crippen molar-refractivity contribution < 1.29 is 68.9 Å². The van der Waals surface area contributed by atoms with E-state index in [4.69, 9.17) is 31.2 Å². The van der Waals surface area contributed by atoms with E-state index >= 15 is 0 Å². The van der Waals surface area contributed by atoms with Gasteiger partial charge in [-0.1, -0.05) is 0 Å². The van der Waals surface area contributed by atoms with E-state index in [1.807, 2.05) is 0 Å². The Hall–Kier alpha value is -3.46. The van der Waals surface area contributed by atoms with Crippen LogP contribution in [-0.2, 0) is 38.2 Å². The number of carbonyl (C=O) groups excluding carboxylic acids is 3. The van der Waals surface area contributed by atoms with E-state index in [2.05, 4.69) is 16.0 Å². The van der Waals surface area contributed by atoms with E-state index in [-0.39, 0.29) is 19.3 Å². The Bertz CT molecular complexity index is 1060. The molecule has 0 aromatic rings. The molecule has 1 fully saturated rings. The molecule has 19 heteroatoms. The minimum Gasteiger partial charge on any atom is -0.481 e. The predicted molar refractivity (Wildman–Crippen MR) is 151 cm³/mol. The second kappa shape index (κ2) is 17.9. The molecular formula is C26H45N5O14. The maximum Gasteiger partial charge on any atom is 0.344 e. The first-order valence-electron chi connectivity index (χ1n) is 14.2. The third-order valence-electron chi connectivity index (χ3n) is 7.21. The Balaban J connectivity index is 3.38. The predicted octanol–water partition coefficient (Wildman–Crippen LogP) is -3.85. The largest absolute Gasteiger partial charge is 0.481 e. The number of aliphatic hydroxyl groups is 3. The number of amides is 3. The molecule has 3 unspecified atom stereocenters. The molecule has 258 valence electrons. The smallest absolute Gasteiger partial charge is 0.344 e. The summed E-state index contributed by atoms with van der Waals surface area (Å²) in [5, 5.41) is 65.9. The van der Waals surface area contributed by atoms with E-state index in [9.17, 15) is 49.2 Å². The number of nitrogens with two attached hydrogens (primary N) is 2. The third kappa shape index (κ3) is 12.1. The summed E-state index contributed by atoms with van der Waals surface area (Å²) >= 11 is 0. The number of rotatable bonds is 19. The molecule has 0 aromatic heterocycles. The molecule has 1 heterocycles. The van der Waals surface area contributed by atoms with E-state index in [1.54, 1.807) is 0 Å². The van der Waals surface area contributed by atoms with Crippen LogP contribution in [0.25, 0.3) is 0 Å². The van der Waals surface area contributed by atoms with Gasteiger partial charge in [0.15, 0.2) is 12.0 Å². The van der Waals surface area contributed by atoms with Crippen LogP contribution in [0.5, 0.6) is 0 Å². The second-order valence-corrected chi connectivity index (χ2v) is 11.0. The van der Waals surface area contributed by atoms with Gasteiger partial charge in [0, 0.05) is 25.7 Å². The van der Waals surface area contributed by atoms with Gasteiger partial charge in [0.2, 0.25) is 17.7 Å². The van der Waals surface area contributed by atoms with Crippen molar-refractivity contribution in [1.29, 1.82) is 0 Å². The van der Waals surface area contributed by atoms with E-state index in [0.717, 1.165) is 6.92 Å². The Morgan fingerprint density at radius 2 is 1.58 bits per heavy atom. The SMILES string of the molecule is CC(=O)N[C@@H]1[C@@H](OC(C)CC(CCCC(=O)O)C(N)(NC(=O)[C@@H](CCC(=O)O)NC(=O)[C@H](C)N)C(=O)O)[C@H](O)[C@@H](CO)O[C@@H]1O. The van der Waals surface area contributed by atoms with Crippen LogP contribution >= 0.6 is 0 Å². The van der Waals surface area contributed by atoms with Gasteiger partial charge in [-0.05, 0) is 39.5 Å². The quantitative estimate of drug-likeness (QED) is 0.0595. The summed E-state index contributed by atoms with van der Waals surface area (Å²) < 4.78 is 11.1. The molecule has 0 aliphatic carbocycles. The molecule has 1 rings (SSSR count). The minimum absolute atomic E-state index is 0.0988. The molecule has 19 nitrogen and oxygen atoms in total. The van der Waals surface area contributed by atoms with Crippen LogP contribution in [-0.4, -0.2) is 127 Å². The molecule has 0 spiro atoms. The highest BCUT2D eigenvalue weighted by Gasteiger charge is 2.48. The Kier molecular flexibility index (Phi) is 15.7. The summed E-state index contributed by atoms with van der Waals surface area (Å²) in [5.41, 5.74) is 9.18. The third-order valence-corrected chi connectivity index (χ3v) is 7.21.